The number of fused-ring (bicyclic) bond motifs is 1. The van der Waals surface area contributed by atoms with E-state index in [1.807, 2.05) is 6.07 Å². The van der Waals surface area contributed by atoms with Crippen LogP contribution in [0, 0.1) is 5.82 Å². The Balaban J connectivity index is 1.49. The van der Waals surface area contributed by atoms with Crippen LogP contribution in [0.3, 0.4) is 0 Å². The minimum atomic E-state index is -0.569. The molecule has 9 heteroatoms. The smallest absolute Gasteiger partial charge is 0.332 e. The van der Waals surface area contributed by atoms with Gasteiger partial charge >= 0.3 is 5.69 Å². The first-order valence-corrected chi connectivity index (χ1v) is 11.2. The fourth-order valence-corrected chi connectivity index (χ4v) is 5.27. The van der Waals surface area contributed by atoms with Crippen LogP contribution < -0.4 is 10.4 Å². The van der Waals surface area contributed by atoms with Gasteiger partial charge in [0.05, 0.1) is 17.8 Å². The second-order valence-corrected chi connectivity index (χ2v) is 9.22. The van der Waals surface area contributed by atoms with Crippen LogP contribution in [-0.4, -0.2) is 44.4 Å². The quantitative estimate of drug-likeness (QED) is 0.621. The standard InChI is InChI=1S/C23H22Cl2FN3O3/c1-27-6-7-29(23(27)31)14-2-3-21(19(26)10-14)32-22-17-8-13(24)9-18(25)16(17)11-20(22)28-5-4-15(30)12-28/h2-3,6-10,15,20,22,30H,4-5,11-12H2,1H3/t15?,20-,22-/m0/s1. The van der Waals surface area contributed by atoms with Gasteiger partial charge in [-0.25, -0.2) is 9.18 Å². The second kappa shape index (κ2) is 8.23. The summed E-state index contributed by atoms with van der Waals surface area (Å²) >= 11 is 12.7. The summed E-state index contributed by atoms with van der Waals surface area (Å²) in [5.41, 5.74) is 1.91. The summed E-state index contributed by atoms with van der Waals surface area (Å²) in [5.74, 6) is -0.489. The zero-order chi connectivity index (χ0) is 22.6. The highest BCUT2D eigenvalue weighted by atomic mass is 35.5. The van der Waals surface area contributed by atoms with Gasteiger partial charge in [0.25, 0.3) is 0 Å². The van der Waals surface area contributed by atoms with Crippen molar-refractivity contribution in [2.75, 3.05) is 13.1 Å². The van der Waals surface area contributed by atoms with Crippen LogP contribution in [0.5, 0.6) is 5.75 Å². The van der Waals surface area contributed by atoms with E-state index in [0.717, 1.165) is 17.7 Å². The van der Waals surface area contributed by atoms with E-state index >= 15 is 4.39 Å². The monoisotopic (exact) mass is 477 g/mol. The van der Waals surface area contributed by atoms with Crippen LogP contribution in [0.1, 0.15) is 23.7 Å². The molecule has 0 spiro atoms. The number of aromatic nitrogens is 2. The Kier molecular flexibility index (Phi) is 5.53. The maximum atomic E-state index is 15.1. The fraction of sp³-hybridized carbons (Fsp3) is 0.348. The van der Waals surface area contributed by atoms with Crippen LogP contribution in [0.25, 0.3) is 5.69 Å². The number of hydrogen-bond donors (Lipinski definition) is 1. The number of rotatable bonds is 4. The number of nitrogens with zero attached hydrogens (tertiary/aromatic N) is 3. The predicted octanol–water partition coefficient (Wildman–Crippen LogP) is 3.73. The molecule has 6 nitrogen and oxygen atoms in total. The van der Waals surface area contributed by atoms with Crippen molar-refractivity contribution in [1.29, 1.82) is 0 Å². The molecule has 1 unspecified atom stereocenters. The first kappa shape index (κ1) is 21.5. The molecule has 1 aromatic heterocycles. The summed E-state index contributed by atoms with van der Waals surface area (Å²) in [5, 5.41) is 11.1. The van der Waals surface area contributed by atoms with E-state index in [-0.39, 0.29) is 17.5 Å². The maximum absolute atomic E-state index is 15.1. The molecular formula is C23H22Cl2FN3O3. The Morgan fingerprint density at radius 2 is 2.00 bits per heavy atom. The minimum absolute atomic E-state index is 0.0800. The summed E-state index contributed by atoms with van der Waals surface area (Å²) in [6.07, 6.45) is 3.63. The summed E-state index contributed by atoms with van der Waals surface area (Å²) in [6, 6.07) is 7.88. The van der Waals surface area contributed by atoms with Gasteiger partial charge in [-0.05, 0) is 42.7 Å². The van der Waals surface area contributed by atoms with E-state index in [4.69, 9.17) is 27.9 Å². The molecule has 3 atom stereocenters. The molecule has 168 valence electrons. The van der Waals surface area contributed by atoms with Crippen molar-refractivity contribution >= 4 is 23.2 Å². The molecule has 1 saturated heterocycles. The van der Waals surface area contributed by atoms with Crippen molar-refractivity contribution in [3.8, 4) is 11.4 Å². The minimum Gasteiger partial charge on any atom is -0.481 e. The number of hydrogen-bond acceptors (Lipinski definition) is 4. The summed E-state index contributed by atoms with van der Waals surface area (Å²) < 4.78 is 24.1. The van der Waals surface area contributed by atoms with Crippen molar-refractivity contribution < 1.29 is 14.2 Å². The van der Waals surface area contributed by atoms with Gasteiger partial charge in [0.2, 0.25) is 0 Å². The van der Waals surface area contributed by atoms with Gasteiger partial charge in [0.15, 0.2) is 11.6 Å². The van der Waals surface area contributed by atoms with Gasteiger partial charge in [-0.2, -0.15) is 0 Å². The highest BCUT2D eigenvalue weighted by Crippen LogP contribution is 2.43. The molecule has 0 amide bonds. The van der Waals surface area contributed by atoms with Gasteiger partial charge in [-0.15, -0.1) is 0 Å². The van der Waals surface area contributed by atoms with E-state index in [1.54, 1.807) is 31.6 Å². The molecule has 0 bridgehead atoms. The number of benzene rings is 2. The molecule has 1 aliphatic carbocycles. The predicted molar refractivity (Wildman–Crippen MR) is 120 cm³/mol. The molecule has 2 aliphatic rings. The first-order valence-electron chi connectivity index (χ1n) is 10.4. The van der Waals surface area contributed by atoms with Crippen LogP contribution in [0.2, 0.25) is 10.0 Å². The maximum Gasteiger partial charge on any atom is 0.332 e. The van der Waals surface area contributed by atoms with Gasteiger partial charge in [0.1, 0.15) is 6.10 Å². The van der Waals surface area contributed by atoms with E-state index in [1.165, 1.54) is 21.3 Å². The van der Waals surface area contributed by atoms with Crippen LogP contribution >= 0.6 is 23.2 Å². The lowest BCUT2D eigenvalue weighted by Crippen LogP contribution is -2.39. The van der Waals surface area contributed by atoms with Crippen LogP contribution in [0.15, 0.2) is 47.5 Å². The molecule has 2 heterocycles. The number of aliphatic hydroxyl groups is 1. The molecule has 2 aromatic carbocycles. The Labute approximate surface area is 194 Å². The van der Waals surface area contributed by atoms with Gasteiger partial charge in [-0.1, -0.05) is 23.2 Å². The molecule has 3 aromatic rings. The zero-order valence-corrected chi connectivity index (χ0v) is 18.9. The molecule has 0 saturated carbocycles. The molecule has 1 N–H and O–H groups in total. The molecule has 1 fully saturated rings. The number of halogens is 3. The van der Waals surface area contributed by atoms with Crippen molar-refractivity contribution in [3.05, 3.63) is 80.2 Å². The number of imidazole rings is 1. The Bertz CT molecular complexity index is 1240. The van der Waals surface area contributed by atoms with E-state index in [0.29, 0.717) is 35.1 Å². The van der Waals surface area contributed by atoms with Crippen molar-refractivity contribution in [2.45, 2.75) is 31.1 Å². The number of aliphatic hydroxyl groups excluding tert-OH is 1. The highest BCUT2D eigenvalue weighted by Gasteiger charge is 2.42. The average molecular weight is 478 g/mol. The lowest BCUT2D eigenvalue weighted by molar-refractivity contribution is 0.0790. The second-order valence-electron chi connectivity index (χ2n) is 8.38. The van der Waals surface area contributed by atoms with Crippen molar-refractivity contribution in [3.63, 3.8) is 0 Å². The third kappa shape index (κ3) is 3.73. The Morgan fingerprint density at radius 1 is 1.19 bits per heavy atom. The van der Waals surface area contributed by atoms with E-state index in [2.05, 4.69) is 4.90 Å². The molecule has 1 aliphatic heterocycles. The molecule has 0 radical (unpaired) electrons. The van der Waals surface area contributed by atoms with Crippen molar-refractivity contribution in [1.82, 2.24) is 14.0 Å². The van der Waals surface area contributed by atoms with Crippen molar-refractivity contribution in [2.24, 2.45) is 7.05 Å². The lowest BCUT2D eigenvalue weighted by Gasteiger charge is -2.30. The highest BCUT2D eigenvalue weighted by molar-refractivity contribution is 6.35. The topological polar surface area (TPSA) is 59.6 Å². The summed E-state index contributed by atoms with van der Waals surface area (Å²) in [6.45, 7) is 1.26. The largest absolute Gasteiger partial charge is 0.481 e. The van der Waals surface area contributed by atoms with Gasteiger partial charge in [0, 0.05) is 54.2 Å². The summed E-state index contributed by atoms with van der Waals surface area (Å²) in [4.78, 5) is 14.3. The van der Waals surface area contributed by atoms with Gasteiger partial charge < -0.3 is 14.4 Å². The molecule has 32 heavy (non-hydrogen) atoms. The Hall–Kier alpha value is -2.32. The third-order valence-electron chi connectivity index (χ3n) is 6.32. The van der Waals surface area contributed by atoms with Crippen LogP contribution in [-0.2, 0) is 13.5 Å². The average Bonchev–Trinajstić information content (AvgIpc) is 3.42. The van der Waals surface area contributed by atoms with E-state index in [9.17, 15) is 9.90 Å². The third-order valence-corrected chi connectivity index (χ3v) is 6.88. The molecular weight excluding hydrogens is 456 g/mol. The van der Waals surface area contributed by atoms with Crippen LogP contribution in [0.4, 0.5) is 4.39 Å². The number of ether oxygens (including phenoxy) is 1. The number of β-amino-alcohol motifs (C(OH)–C–C–N with tert-alkyl or cyclic N) is 1. The zero-order valence-electron chi connectivity index (χ0n) is 17.3. The first-order chi connectivity index (χ1) is 15.3. The number of aryl methyl sites for hydroxylation is 1. The normalized spacial score (nSPS) is 23.0. The Morgan fingerprint density at radius 3 is 2.66 bits per heavy atom. The lowest BCUT2D eigenvalue weighted by atomic mass is 10.1. The molecule has 5 rings (SSSR count). The summed E-state index contributed by atoms with van der Waals surface area (Å²) in [7, 11) is 1.63. The van der Waals surface area contributed by atoms with Gasteiger partial charge in [-0.3, -0.25) is 9.47 Å². The SMILES string of the molecule is Cn1ccn(-c2ccc(O[C@H]3c4cc(Cl)cc(Cl)c4C[C@@H]3N3CCC(O)C3)c(F)c2)c1=O. The number of likely N-dealkylation sites (tertiary alicyclic amines) is 1. The van der Waals surface area contributed by atoms with E-state index < -0.39 is 18.0 Å². The fourth-order valence-electron chi connectivity index (χ4n) is 4.68.